The third kappa shape index (κ3) is 5.87. The summed E-state index contributed by atoms with van der Waals surface area (Å²) in [7, 11) is 0. The van der Waals surface area contributed by atoms with Crippen molar-refractivity contribution in [2.45, 2.75) is 65.3 Å². The molecule has 164 valence electrons. The van der Waals surface area contributed by atoms with E-state index in [2.05, 4.69) is 0 Å². The second-order valence-electron chi connectivity index (χ2n) is 8.27. The number of amides is 1. The number of likely N-dealkylation sites (tertiary alicyclic amines) is 1. The molecule has 0 bridgehead atoms. The largest absolute Gasteiger partial charge is 0.464 e. The first-order chi connectivity index (χ1) is 14.2. The molecule has 30 heavy (non-hydrogen) atoms. The fraction of sp³-hybridized carbons (Fsp3) is 0.591. The first kappa shape index (κ1) is 23.5. The zero-order valence-corrected chi connectivity index (χ0v) is 17.9. The molecule has 8 heteroatoms. The Kier molecular flexibility index (Phi) is 8.08. The lowest BCUT2D eigenvalue weighted by molar-refractivity contribution is -0.384. The third-order valence-electron chi connectivity index (χ3n) is 5.73. The molecule has 1 fully saturated rings. The van der Waals surface area contributed by atoms with Crippen LogP contribution in [-0.4, -0.2) is 46.7 Å². The molecule has 1 aromatic carbocycles. The van der Waals surface area contributed by atoms with Gasteiger partial charge in [0.05, 0.1) is 11.5 Å². The van der Waals surface area contributed by atoms with Crippen LogP contribution in [0.15, 0.2) is 24.3 Å². The van der Waals surface area contributed by atoms with Gasteiger partial charge in [0.2, 0.25) is 5.78 Å². The number of hydrogen-bond donors (Lipinski definition) is 0. The van der Waals surface area contributed by atoms with Crippen LogP contribution in [0.3, 0.4) is 0 Å². The third-order valence-corrected chi connectivity index (χ3v) is 5.73. The second kappa shape index (κ2) is 10.3. The Bertz CT molecular complexity index is 787. The molecule has 0 aliphatic carbocycles. The smallest absolute Gasteiger partial charge is 0.328 e. The van der Waals surface area contributed by atoms with E-state index >= 15 is 0 Å². The summed E-state index contributed by atoms with van der Waals surface area (Å²) in [6.07, 6.45) is 3.87. The average Bonchev–Trinajstić information content (AvgIpc) is 3.22. The van der Waals surface area contributed by atoms with E-state index in [0.717, 1.165) is 18.4 Å². The van der Waals surface area contributed by atoms with Crippen LogP contribution in [0.2, 0.25) is 0 Å². The normalized spacial score (nSPS) is 16.4. The van der Waals surface area contributed by atoms with Crippen molar-refractivity contribution in [1.82, 2.24) is 4.90 Å². The number of carbonyl (C=O) groups excluding carboxylic acids is 3. The van der Waals surface area contributed by atoms with E-state index in [4.69, 9.17) is 4.74 Å². The summed E-state index contributed by atoms with van der Waals surface area (Å²) < 4.78 is 5.35. The number of hydrogen-bond acceptors (Lipinski definition) is 6. The number of non-ortho nitro benzene ring substituents is 1. The van der Waals surface area contributed by atoms with E-state index in [0.29, 0.717) is 32.2 Å². The number of esters is 1. The molecule has 1 aliphatic rings. The molecule has 1 saturated heterocycles. The van der Waals surface area contributed by atoms with Crippen molar-refractivity contribution in [3.05, 3.63) is 39.9 Å². The molecular weight excluding hydrogens is 388 g/mol. The highest BCUT2D eigenvalue weighted by Crippen LogP contribution is 2.26. The molecule has 8 nitrogen and oxygen atoms in total. The molecule has 1 aliphatic heterocycles. The van der Waals surface area contributed by atoms with Gasteiger partial charge >= 0.3 is 5.97 Å². The quantitative estimate of drug-likeness (QED) is 0.189. The minimum atomic E-state index is -0.744. The lowest BCUT2D eigenvalue weighted by atomic mass is 9.84. The second-order valence-corrected chi connectivity index (χ2v) is 8.27. The summed E-state index contributed by atoms with van der Waals surface area (Å²) in [6, 6.07) is 5.70. The number of unbranched alkanes of at least 4 members (excludes halogenated alkanes) is 1. The molecule has 1 atom stereocenters. The Morgan fingerprint density at radius 1 is 1.20 bits per heavy atom. The Balaban J connectivity index is 1.77. The van der Waals surface area contributed by atoms with E-state index in [-0.39, 0.29) is 12.3 Å². The molecule has 0 radical (unpaired) electrons. The van der Waals surface area contributed by atoms with Crippen LogP contribution in [0.1, 0.15) is 58.4 Å². The highest BCUT2D eigenvalue weighted by molar-refractivity contribution is 6.38. The van der Waals surface area contributed by atoms with E-state index in [9.17, 15) is 24.5 Å². The van der Waals surface area contributed by atoms with Crippen molar-refractivity contribution in [1.29, 1.82) is 0 Å². The fourth-order valence-electron chi connectivity index (χ4n) is 3.32. The van der Waals surface area contributed by atoms with Gasteiger partial charge in [-0.15, -0.1) is 0 Å². The van der Waals surface area contributed by atoms with Gasteiger partial charge in [0.1, 0.15) is 6.04 Å². The summed E-state index contributed by atoms with van der Waals surface area (Å²) in [4.78, 5) is 49.1. The summed E-state index contributed by atoms with van der Waals surface area (Å²) in [5, 5.41) is 10.7. The van der Waals surface area contributed by atoms with Gasteiger partial charge in [-0.25, -0.2) is 4.79 Å². The van der Waals surface area contributed by atoms with Crippen molar-refractivity contribution < 1.29 is 24.0 Å². The van der Waals surface area contributed by atoms with Gasteiger partial charge in [0.15, 0.2) is 0 Å². The Hall–Kier alpha value is -2.77. The van der Waals surface area contributed by atoms with E-state index in [1.165, 1.54) is 17.0 Å². The number of Topliss-reactive ketones (excluding diaryl/α,β-unsaturated/α-hetero) is 1. The molecular formula is C22H30N2O6. The predicted molar refractivity (Wildman–Crippen MR) is 111 cm³/mol. The number of carbonyl (C=O) groups is 3. The standard InChI is InChI=1S/C22H30N2O6/c1-4-22(2,3)19(25)20(26)23-14-7-9-18(23)21(27)30-15-6-5-8-16-10-12-17(13-11-16)24(28)29/h10-13,18H,4-9,14-15H2,1-3H3/t18-/m0/s1. The number of ether oxygens (including phenoxy) is 1. The van der Waals surface area contributed by atoms with Gasteiger partial charge in [-0.05, 0) is 44.1 Å². The lowest BCUT2D eigenvalue weighted by Crippen LogP contribution is -2.48. The molecule has 2 rings (SSSR count). The van der Waals surface area contributed by atoms with Crippen LogP contribution in [0.4, 0.5) is 5.69 Å². The Labute approximate surface area is 176 Å². The summed E-state index contributed by atoms with van der Waals surface area (Å²) in [5.74, 6) is -1.52. The molecule has 0 aromatic heterocycles. The summed E-state index contributed by atoms with van der Waals surface area (Å²) >= 11 is 0. The Morgan fingerprint density at radius 2 is 1.87 bits per heavy atom. The highest BCUT2D eigenvalue weighted by Gasteiger charge is 2.41. The fourth-order valence-corrected chi connectivity index (χ4v) is 3.32. The van der Waals surface area contributed by atoms with Crippen molar-refractivity contribution in [3.8, 4) is 0 Å². The lowest BCUT2D eigenvalue weighted by Gasteiger charge is -2.27. The number of nitro benzene ring substituents is 1. The maximum Gasteiger partial charge on any atom is 0.328 e. The maximum atomic E-state index is 12.6. The van der Waals surface area contributed by atoms with E-state index in [1.807, 2.05) is 6.92 Å². The maximum absolute atomic E-state index is 12.6. The van der Waals surface area contributed by atoms with Crippen molar-refractivity contribution >= 4 is 23.3 Å². The van der Waals surface area contributed by atoms with Gasteiger partial charge in [-0.1, -0.05) is 32.9 Å². The topological polar surface area (TPSA) is 107 Å². The van der Waals surface area contributed by atoms with Gasteiger partial charge in [0.25, 0.3) is 11.6 Å². The first-order valence-electron chi connectivity index (χ1n) is 10.4. The minimum Gasteiger partial charge on any atom is -0.464 e. The van der Waals surface area contributed by atoms with Gasteiger partial charge < -0.3 is 9.64 Å². The Morgan fingerprint density at radius 3 is 2.47 bits per heavy atom. The zero-order chi connectivity index (χ0) is 22.3. The van der Waals surface area contributed by atoms with Crippen molar-refractivity contribution in [2.24, 2.45) is 5.41 Å². The predicted octanol–water partition coefficient (Wildman–Crippen LogP) is 3.46. The van der Waals surface area contributed by atoms with Crippen molar-refractivity contribution in [3.63, 3.8) is 0 Å². The SMILES string of the molecule is CCC(C)(C)C(=O)C(=O)N1CCC[C@H]1C(=O)OCCCCc1ccc([N+](=O)[O-])cc1. The summed E-state index contributed by atoms with van der Waals surface area (Å²) in [6.45, 7) is 5.96. The number of benzene rings is 1. The number of nitrogens with zero attached hydrogens (tertiary/aromatic N) is 2. The first-order valence-corrected chi connectivity index (χ1v) is 10.4. The number of ketones is 1. The average molecular weight is 418 g/mol. The number of nitro groups is 1. The molecule has 1 aromatic rings. The summed E-state index contributed by atoms with van der Waals surface area (Å²) in [5.41, 5.74) is 0.298. The number of aryl methyl sites for hydroxylation is 1. The molecule has 0 spiro atoms. The van der Waals surface area contributed by atoms with Crippen LogP contribution < -0.4 is 0 Å². The van der Waals surface area contributed by atoms with E-state index in [1.54, 1.807) is 26.0 Å². The van der Waals surface area contributed by atoms with Crippen LogP contribution in [0.25, 0.3) is 0 Å². The molecule has 1 amide bonds. The minimum absolute atomic E-state index is 0.0594. The van der Waals surface area contributed by atoms with Gasteiger partial charge in [0, 0.05) is 24.1 Å². The van der Waals surface area contributed by atoms with Gasteiger partial charge in [-0.2, -0.15) is 0 Å². The highest BCUT2D eigenvalue weighted by atomic mass is 16.6. The molecule has 0 unspecified atom stereocenters. The molecule has 1 heterocycles. The molecule has 0 N–H and O–H groups in total. The van der Waals surface area contributed by atoms with Crippen LogP contribution >= 0.6 is 0 Å². The van der Waals surface area contributed by atoms with Gasteiger partial charge in [-0.3, -0.25) is 19.7 Å². The van der Waals surface area contributed by atoms with Crippen molar-refractivity contribution in [2.75, 3.05) is 13.2 Å². The monoisotopic (exact) mass is 418 g/mol. The number of rotatable bonds is 10. The van der Waals surface area contributed by atoms with Crippen LogP contribution in [0.5, 0.6) is 0 Å². The zero-order valence-electron chi connectivity index (χ0n) is 17.9. The molecule has 0 saturated carbocycles. The van der Waals surface area contributed by atoms with Crippen LogP contribution in [0, 0.1) is 15.5 Å². The van der Waals surface area contributed by atoms with Crippen LogP contribution in [-0.2, 0) is 25.5 Å². The van der Waals surface area contributed by atoms with E-state index < -0.39 is 34.0 Å².